The molecule has 1 aliphatic rings. The minimum absolute atomic E-state index is 0.0556. The molecule has 1 aliphatic heterocycles. The van der Waals surface area contributed by atoms with Crippen molar-refractivity contribution < 1.29 is 23.8 Å². The molecule has 176 valence electrons. The largest absolute Gasteiger partial charge is 0.497 e. The minimum Gasteiger partial charge on any atom is -0.497 e. The third-order valence-electron chi connectivity index (χ3n) is 6.01. The Kier molecular flexibility index (Phi) is 6.93. The van der Waals surface area contributed by atoms with Crippen LogP contribution in [0.3, 0.4) is 0 Å². The standard InChI is InChI=1S/C25H30N2O5S/c1-5-32-25(29)18-7-6-8-26(15-18)24(28)22-13-23-21(9-16(2)33-23)27(22)14-17-10-19(30-3)12-20(11-17)31-4/h9-13,18H,5-8,14-15H2,1-4H3/t18-/m0/s1. The molecule has 0 unspecified atom stereocenters. The maximum Gasteiger partial charge on any atom is 0.310 e. The molecule has 0 radical (unpaired) electrons. The average molecular weight is 471 g/mol. The average Bonchev–Trinajstić information content (AvgIpc) is 3.35. The van der Waals surface area contributed by atoms with Crippen molar-refractivity contribution in [3.63, 3.8) is 0 Å². The number of hydrogen-bond donors (Lipinski definition) is 0. The molecule has 4 rings (SSSR count). The SMILES string of the molecule is CCOC(=O)[C@H]1CCCN(C(=O)c2cc3sc(C)cc3n2Cc2cc(OC)cc(OC)c2)C1. The summed E-state index contributed by atoms with van der Waals surface area (Å²) in [6.45, 7) is 5.76. The molecular weight excluding hydrogens is 440 g/mol. The zero-order chi connectivity index (χ0) is 23.5. The maximum absolute atomic E-state index is 13.6. The van der Waals surface area contributed by atoms with Crippen LogP contribution in [-0.4, -0.2) is 55.3 Å². The van der Waals surface area contributed by atoms with Gasteiger partial charge in [0.1, 0.15) is 17.2 Å². The Morgan fingerprint density at radius 3 is 2.48 bits per heavy atom. The summed E-state index contributed by atoms with van der Waals surface area (Å²) in [7, 11) is 3.25. The summed E-state index contributed by atoms with van der Waals surface area (Å²) in [6, 6.07) is 9.84. The lowest BCUT2D eigenvalue weighted by Gasteiger charge is -2.31. The van der Waals surface area contributed by atoms with Gasteiger partial charge in [-0.25, -0.2) is 0 Å². The summed E-state index contributed by atoms with van der Waals surface area (Å²) >= 11 is 1.67. The molecule has 7 nitrogen and oxygen atoms in total. The van der Waals surface area contributed by atoms with Gasteiger partial charge in [0.2, 0.25) is 0 Å². The third-order valence-corrected chi connectivity index (χ3v) is 7.00. The van der Waals surface area contributed by atoms with Gasteiger partial charge in [-0.15, -0.1) is 11.3 Å². The van der Waals surface area contributed by atoms with E-state index in [1.54, 1.807) is 37.4 Å². The molecule has 1 saturated heterocycles. The van der Waals surface area contributed by atoms with Crippen LogP contribution in [0.2, 0.25) is 0 Å². The number of methoxy groups -OCH3 is 2. The van der Waals surface area contributed by atoms with Gasteiger partial charge in [0.25, 0.3) is 5.91 Å². The van der Waals surface area contributed by atoms with E-state index in [1.165, 1.54) is 4.88 Å². The Morgan fingerprint density at radius 1 is 1.09 bits per heavy atom. The Morgan fingerprint density at radius 2 is 1.82 bits per heavy atom. The van der Waals surface area contributed by atoms with Crippen molar-refractivity contribution in [3.05, 3.63) is 46.5 Å². The summed E-state index contributed by atoms with van der Waals surface area (Å²) in [4.78, 5) is 28.9. The molecule has 1 fully saturated rings. The number of aromatic nitrogens is 1. The predicted octanol–water partition coefficient (Wildman–Crippen LogP) is 4.49. The number of piperidine rings is 1. The third kappa shape index (κ3) is 4.85. The van der Waals surface area contributed by atoms with Crippen LogP contribution in [-0.2, 0) is 16.1 Å². The molecule has 33 heavy (non-hydrogen) atoms. The Bertz CT molecular complexity index is 1140. The lowest BCUT2D eigenvalue weighted by atomic mass is 9.98. The molecule has 0 aliphatic carbocycles. The van der Waals surface area contributed by atoms with Crippen LogP contribution in [0.15, 0.2) is 30.3 Å². The Labute approximate surface area is 197 Å². The fourth-order valence-corrected chi connectivity index (χ4v) is 5.39. The number of nitrogens with zero attached hydrogens (tertiary/aromatic N) is 2. The first-order valence-corrected chi connectivity index (χ1v) is 12.0. The van der Waals surface area contributed by atoms with E-state index in [0.29, 0.717) is 43.4 Å². The molecule has 8 heteroatoms. The first-order chi connectivity index (χ1) is 15.9. The zero-order valence-electron chi connectivity index (χ0n) is 19.6. The van der Waals surface area contributed by atoms with Crippen molar-refractivity contribution in [2.75, 3.05) is 33.9 Å². The van der Waals surface area contributed by atoms with Crippen LogP contribution < -0.4 is 9.47 Å². The quantitative estimate of drug-likeness (QED) is 0.476. The van der Waals surface area contributed by atoms with E-state index in [0.717, 1.165) is 28.6 Å². The van der Waals surface area contributed by atoms with E-state index in [2.05, 4.69) is 17.6 Å². The number of likely N-dealkylation sites (tertiary alicyclic amines) is 1. The fraction of sp³-hybridized carbons (Fsp3) is 0.440. The van der Waals surface area contributed by atoms with Gasteiger partial charge in [-0.05, 0) is 56.5 Å². The van der Waals surface area contributed by atoms with Crippen LogP contribution in [0, 0.1) is 12.8 Å². The molecule has 0 bridgehead atoms. The molecule has 1 aromatic carbocycles. The normalized spacial score (nSPS) is 16.1. The summed E-state index contributed by atoms with van der Waals surface area (Å²) < 4.78 is 19.2. The number of rotatable bonds is 7. The van der Waals surface area contributed by atoms with Gasteiger partial charge >= 0.3 is 5.97 Å². The fourth-order valence-electron chi connectivity index (χ4n) is 4.43. The van der Waals surface area contributed by atoms with Gasteiger partial charge in [-0.2, -0.15) is 0 Å². The second kappa shape index (κ2) is 9.87. The number of ether oxygens (including phenoxy) is 3. The van der Waals surface area contributed by atoms with Crippen molar-refractivity contribution in [1.82, 2.24) is 9.47 Å². The van der Waals surface area contributed by atoms with Crippen LogP contribution in [0.25, 0.3) is 10.2 Å². The molecule has 0 saturated carbocycles. The van der Waals surface area contributed by atoms with Crippen molar-refractivity contribution in [1.29, 1.82) is 0 Å². The summed E-state index contributed by atoms with van der Waals surface area (Å²) in [5.74, 6) is 0.869. The second-order valence-corrected chi connectivity index (χ2v) is 9.57. The first-order valence-electron chi connectivity index (χ1n) is 11.2. The topological polar surface area (TPSA) is 70.0 Å². The molecular formula is C25H30N2O5S. The predicted molar refractivity (Wildman–Crippen MR) is 128 cm³/mol. The van der Waals surface area contributed by atoms with E-state index < -0.39 is 0 Å². The number of fused-ring (bicyclic) bond motifs is 1. The number of hydrogen-bond acceptors (Lipinski definition) is 6. The number of carbonyl (C=O) groups excluding carboxylic acids is 2. The molecule has 3 aromatic rings. The Balaban J connectivity index is 1.67. The molecule has 3 heterocycles. The van der Waals surface area contributed by atoms with Gasteiger partial charge in [0.05, 0.1) is 37.0 Å². The van der Waals surface area contributed by atoms with E-state index in [-0.39, 0.29) is 17.8 Å². The highest BCUT2D eigenvalue weighted by Crippen LogP contribution is 2.32. The minimum atomic E-state index is -0.267. The number of thiophene rings is 1. The second-order valence-electron chi connectivity index (χ2n) is 8.29. The molecule has 2 aromatic heterocycles. The van der Waals surface area contributed by atoms with Crippen molar-refractivity contribution in [2.45, 2.75) is 33.2 Å². The van der Waals surface area contributed by atoms with Crippen molar-refractivity contribution in [3.8, 4) is 11.5 Å². The molecule has 1 amide bonds. The molecule has 0 spiro atoms. The summed E-state index contributed by atoms with van der Waals surface area (Å²) in [5.41, 5.74) is 2.63. The van der Waals surface area contributed by atoms with Crippen molar-refractivity contribution >= 4 is 33.4 Å². The summed E-state index contributed by atoms with van der Waals surface area (Å²) in [6.07, 6.45) is 1.54. The zero-order valence-corrected chi connectivity index (χ0v) is 20.4. The highest BCUT2D eigenvalue weighted by molar-refractivity contribution is 7.19. The van der Waals surface area contributed by atoms with Crippen LogP contribution >= 0.6 is 11.3 Å². The van der Waals surface area contributed by atoms with Gasteiger partial charge in [0, 0.05) is 30.6 Å². The molecule has 1 atom stereocenters. The lowest BCUT2D eigenvalue weighted by Crippen LogP contribution is -2.43. The van der Waals surface area contributed by atoms with Gasteiger partial charge in [0.15, 0.2) is 0 Å². The number of benzene rings is 1. The number of aryl methyl sites for hydroxylation is 1. The van der Waals surface area contributed by atoms with E-state index in [4.69, 9.17) is 14.2 Å². The van der Waals surface area contributed by atoms with Crippen LogP contribution in [0.5, 0.6) is 11.5 Å². The number of esters is 1. The first kappa shape index (κ1) is 23.2. The monoisotopic (exact) mass is 470 g/mol. The van der Waals surface area contributed by atoms with Gasteiger partial charge in [-0.1, -0.05) is 0 Å². The van der Waals surface area contributed by atoms with E-state index in [9.17, 15) is 9.59 Å². The van der Waals surface area contributed by atoms with Crippen molar-refractivity contribution in [2.24, 2.45) is 5.92 Å². The number of carbonyl (C=O) groups is 2. The van der Waals surface area contributed by atoms with Gasteiger partial charge < -0.3 is 23.7 Å². The summed E-state index contributed by atoms with van der Waals surface area (Å²) in [5, 5.41) is 0. The maximum atomic E-state index is 13.6. The Hall–Kier alpha value is -3.00. The highest BCUT2D eigenvalue weighted by Gasteiger charge is 2.31. The van der Waals surface area contributed by atoms with E-state index >= 15 is 0 Å². The van der Waals surface area contributed by atoms with E-state index in [1.807, 2.05) is 24.3 Å². The molecule has 0 N–H and O–H groups in total. The van der Waals surface area contributed by atoms with Crippen LogP contribution in [0.1, 0.15) is 40.7 Å². The highest BCUT2D eigenvalue weighted by atomic mass is 32.1. The van der Waals surface area contributed by atoms with Crippen LogP contribution in [0.4, 0.5) is 0 Å². The number of amides is 1. The smallest absolute Gasteiger partial charge is 0.310 e. The van der Waals surface area contributed by atoms with Gasteiger partial charge in [-0.3, -0.25) is 9.59 Å². The lowest BCUT2D eigenvalue weighted by molar-refractivity contribution is -0.149.